The van der Waals surface area contributed by atoms with Crippen molar-refractivity contribution in [2.45, 2.75) is 20.0 Å². The Labute approximate surface area is 188 Å². The molecule has 1 saturated heterocycles. The summed E-state index contributed by atoms with van der Waals surface area (Å²) in [4.78, 5) is 31.2. The summed E-state index contributed by atoms with van der Waals surface area (Å²) in [5.74, 6) is -1.38. The highest BCUT2D eigenvalue weighted by Gasteiger charge is 2.39. The molecule has 0 atom stereocenters. The van der Waals surface area contributed by atoms with Crippen LogP contribution in [0.1, 0.15) is 34.1 Å². The zero-order chi connectivity index (χ0) is 24.2. The Morgan fingerprint density at radius 2 is 1.91 bits per heavy atom. The molecular weight excluding hydrogens is 439 g/mol. The van der Waals surface area contributed by atoms with Gasteiger partial charge >= 0.3 is 18.2 Å². The van der Waals surface area contributed by atoms with Crippen LogP contribution in [0.2, 0.25) is 0 Å². The van der Waals surface area contributed by atoms with Crippen LogP contribution < -0.4 is 10.2 Å². The Morgan fingerprint density at radius 1 is 1.21 bits per heavy atom. The summed E-state index contributed by atoms with van der Waals surface area (Å²) < 4.78 is 45.5. The largest absolute Gasteiger partial charge is 0.462 e. The molecule has 33 heavy (non-hydrogen) atoms. The lowest BCUT2D eigenvalue weighted by Gasteiger charge is -2.36. The molecule has 1 aromatic carbocycles. The van der Waals surface area contributed by atoms with Gasteiger partial charge in [0.15, 0.2) is 5.69 Å². The molecule has 1 aromatic heterocycles. The van der Waals surface area contributed by atoms with Crippen molar-refractivity contribution >= 4 is 23.5 Å². The number of hydrogen-bond donors (Lipinski definition) is 1. The summed E-state index contributed by atoms with van der Waals surface area (Å²) in [6, 6.07) is 9.63. The number of benzene rings is 1. The minimum atomic E-state index is -4.92. The van der Waals surface area contributed by atoms with Gasteiger partial charge in [0.2, 0.25) is 0 Å². The molecule has 0 aliphatic carbocycles. The third kappa shape index (κ3) is 5.52. The van der Waals surface area contributed by atoms with Crippen LogP contribution in [0.5, 0.6) is 0 Å². The summed E-state index contributed by atoms with van der Waals surface area (Å²) >= 11 is 0. The van der Waals surface area contributed by atoms with E-state index in [1.165, 1.54) is 16.7 Å². The minimum absolute atomic E-state index is 0.119. The smallest absolute Gasteiger partial charge is 0.434 e. The number of aryl methyl sites for hydroxylation is 1. The molecule has 0 radical (unpaired) electrons. The van der Waals surface area contributed by atoms with E-state index in [1.54, 1.807) is 6.07 Å². The van der Waals surface area contributed by atoms with Gasteiger partial charge in [-0.15, -0.1) is 0 Å². The highest BCUT2D eigenvalue weighted by molar-refractivity contribution is 5.92. The van der Waals surface area contributed by atoms with Crippen LogP contribution >= 0.6 is 0 Å². The molecule has 1 aliphatic heterocycles. The number of carbonyl (C=O) groups is 2. The summed E-state index contributed by atoms with van der Waals surface area (Å²) in [6.07, 6.45) is -4.92. The maximum absolute atomic E-state index is 13.6. The summed E-state index contributed by atoms with van der Waals surface area (Å²) in [5.41, 5.74) is -0.765. The van der Waals surface area contributed by atoms with Crippen LogP contribution in [-0.4, -0.2) is 54.7 Å². The van der Waals surface area contributed by atoms with Crippen molar-refractivity contribution in [3.63, 3.8) is 0 Å². The zero-order valence-corrected chi connectivity index (χ0v) is 18.1. The van der Waals surface area contributed by atoms with E-state index in [-0.39, 0.29) is 50.2 Å². The molecule has 2 heterocycles. The Bertz CT molecular complexity index is 1090. The standard InChI is InChI=1S/C22H22F3N5O3/c1-3-33-20(31)17-12-15(13-26)19(28-18(17)22(23,24)25)29-7-9-30(10-8-29)21(32)27-16-6-4-5-14(2)11-16/h4-6,11-12H,3,7-10H2,1-2H3,(H,27,32). The van der Waals surface area contributed by atoms with E-state index >= 15 is 0 Å². The molecule has 3 rings (SSSR count). The van der Waals surface area contributed by atoms with Gasteiger partial charge in [0.05, 0.1) is 17.7 Å². The second-order valence-electron chi connectivity index (χ2n) is 7.36. The van der Waals surface area contributed by atoms with E-state index in [2.05, 4.69) is 10.3 Å². The number of rotatable bonds is 4. The molecule has 174 valence electrons. The molecule has 2 amide bonds. The third-order valence-corrected chi connectivity index (χ3v) is 5.02. The molecule has 1 fully saturated rings. The topological polar surface area (TPSA) is 98.6 Å². The number of amides is 2. The number of carbonyl (C=O) groups excluding carboxylic acids is 2. The van der Waals surface area contributed by atoms with Gasteiger partial charge in [-0.25, -0.2) is 14.6 Å². The average molecular weight is 461 g/mol. The van der Waals surface area contributed by atoms with E-state index in [1.807, 2.05) is 31.2 Å². The minimum Gasteiger partial charge on any atom is -0.462 e. The van der Waals surface area contributed by atoms with Crippen molar-refractivity contribution in [1.82, 2.24) is 9.88 Å². The first-order chi connectivity index (χ1) is 15.6. The van der Waals surface area contributed by atoms with Gasteiger partial charge in [0, 0.05) is 31.9 Å². The molecular formula is C22H22F3N5O3. The number of ether oxygens (including phenoxy) is 1. The van der Waals surface area contributed by atoms with Gasteiger partial charge in [-0.3, -0.25) is 0 Å². The fraction of sp³-hybridized carbons (Fsp3) is 0.364. The lowest BCUT2D eigenvalue weighted by Crippen LogP contribution is -2.50. The molecule has 2 aromatic rings. The fourth-order valence-corrected chi connectivity index (χ4v) is 3.45. The van der Waals surface area contributed by atoms with Crippen molar-refractivity contribution < 1.29 is 27.5 Å². The summed E-state index contributed by atoms with van der Waals surface area (Å²) in [6.45, 7) is 4.00. The molecule has 11 heteroatoms. The van der Waals surface area contributed by atoms with E-state index in [0.29, 0.717) is 5.69 Å². The fourth-order valence-electron chi connectivity index (χ4n) is 3.45. The van der Waals surface area contributed by atoms with Crippen molar-refractivity contribution in [3.05, 3.63) is 52.7 Å². The third-order valence-electron chi connectivity index (χ3n) is 5.02. The first-order valence-corrected chi connectivity index (χ1v) is 10.2. The number of nitriles is 1. The lowest BCUT2D eigenvalue weighted by atomic mass is 10.1. The Morgan fingerprint density at radius 3 is 2.48 bits per heavy atom. The highest BCUT2D eigenvalue weighted by Crippen LogP contribution is 2.34. The van der Waals surface area contributed by atoms with Crippen LogP contribution in [0.3, 0.4) is 0 Å². The van der Waals surface area contributed by atoms with Crippen LogP contribution in [0.15, 0.2) is 30.3 Å². The highest BCUT2D eigenvalue weighted by atomic mass is 19.4. The maximum atomic E-state index is 13.6. The van der Waals surface area contributed by atoms with E-state index in [9.17, 15) is 28.0 Å². The van der Waals surface area contributed by atoms with Crippen LogP contribution in [0.25, 0.3) is 0 Å². The van der Waals surface area contributed by atoms with E-state index in [4.69, 9.17) is 4.74 Å². The number of nitrogens with one attached hydrogen (secondary N) is 1. The number of alkyl halides is 3. The molecule has 0 spiro atoms. The number of piperazine rings is 1. The lowest BCUT2D eigenvalue weighted by molar-refractivity contribution is -0.141. The number of hydrogen-bond acceptors (Lipinski definition) is 6. The SMILES string of the molecule is CCOC(=O)c1cc(C#N)c(N2CCN(C(=O)Nc3cccc(C)c3)CC2)nc1C(F)(F)F. The predicted octanol–water partition coefficient (Wildman–Crippen LogP) is 3.81. The van der Waals surface area contributed by atoms with Crippen LogP contribution in [-0.2, 0) is 10.9 Å². The molecule has 8 nitrogen and oxygen atoms in total. The van der Waals surface area contributed by atoms with E-state index < -0.39 is 23.4 Å². The molecule has 1 aliphatic rings. The summed E-state index contributed by atoms with van der Waals surface area (Å²) in [5, 5.41) is 12.3. The first kappa shape index (κ1) is 23.8. The van der Waals surface area contributed by atoms with Gasteiger partial charge in [-0.1, -0.05) is 12.1 Å². The number of halogens is 3. The number of anilines is 2. The predicted molar refractivity (Wildman–Crippen MR) is 114 cm³/mol. The van der Waals surface area contributed by atoms with Crippen molar-refractivity contribution in [1.29, 1.82) is 5.26 Å². The van der Waals surface area contributed by atoms with Crippen molar-refractivity contribution in [3.8, 4) is 6.07 Å². The van der Waals surface area contributed by atoms with Gasteiger partial charge in [0.1, 0.15) is 11.9 Å². The Hall–Kier alpha value is -3.81. The molecule has 0 unspecified atom stereocenters. The van der Waals surface area contributed by atoms with Gasteiger partial charge in [-0.2, -0.15) is 18.4 Å². The second kappa shape index (κ2) is 9.77. The molecule has 0 saturated carbocycles. The van der Waals surface area contributed by atoms with Crippen molar-refractivity contribution in [2.24, 2.45) is 0 Å². The Balaban J connectivity index is 1.79. The molecule has 1 N–H and O–H groups in total. The normalized spacial score (nSPS) is 13.9. The van der Waals surface area contributed by atoms with Crippen molar-refractivity contribution in [2.75, 3.05) is 43.0 Å². The van der Waals surface area contributed by atoms with Gasteiger partial charge < -0.3 is 19.9 Å². The summed E-state index contributed by atoms with van der Waals surface area (Å²) in [7, 11) is 0. The quantitative estimate of drug-likeness (QED) is 0.696. The average Bonchev–Trinajstić information content (AvgIpc) is 2.78. The second-order valence-corrected chi connectivity index (χ2v) is 7.36. The number of nitrogens with zero attached hydrogens (tertiary/aromatic N) is 4. The monoisotopic (exact) mass is 461 g/mol. The number of urea groups is 1. The van der Waals surface area contributed by atoms with Gasteiger partial charge in [-0.05, 0) is 37.6 Å². The number of esters is 1. The van der Waals surface area contributed by atoms with Crippen LogP contribution in [0, 0.1) is 18.3 Å². The number of aromatic nitrogens is 1. The van der Waals surface area contributed by atoms with Crippen LogP contribution in [0.4, 0.5) is 29.5 Å². The van der Waals surface area contributed by atoms with Gasteiger partial charge in [0.25, 0.3) is 0 Å². The molecule has 0 bridgehead atoms. The maximum Gasteiger partial charge on any atom is 0.434 e. The van der Waals surface area contributed by atoms with E-state index in [0.717, 1.165) is 11.6 Å². The Kier molecular flexibility index (Phi) is 7.06. The zero-order valence-electron chi connectivity index (χ0n) is 18.1. The first-order valence-electron chi connectivity index (χ1n) is 10.2. The number of pyridine rings is 1.